The van der Waals surface area contributed by atoms with Gasteiger partial charge >= 0.3 is 0 Å². The van der Waals surface area contributed by atoms with Gasteiger partial charge in [0.05, 0.1) is 11.3 Å². The Bertz CT molecular complexity index is 698. The Kier molecular flexibility index (Phi) is 3.57. The molecule has 0 bridgehead atoms. The first-order valence-electron chi connectivity index (χ1n) is 5.23. The molecule has 2 rings (SSSR count). The molecule has 0 heterocycles. The summed E-state index contributed by atoms with van der Waals surface area (Å²) >= 11 is 0. The largest absolute Gasteiger partial charge is 0.353 e. The zero-order valence-corrected chi connectivity index (χ0v) is 9.65. The maximum atomic E-state index is 13.6. The van der Waals surface area contributed by atoms with Crippen LogP contribution in [0.4, 0.5) is 33.3 Å². The maximum absolute atomic E-state index is 13.6. The van der Waals surface area contributed by atoms with Gasteiger partial charge in [-0.15, -0.1) is 0 Å². The fourth-order valence-electron chi connectivity index (χ4n) is 1.52. The molecule has 0 atom stereocenters. The number of benzene rings is 2. The van der Waals surface area contributed by atoms with E-state index in [0.717, 1.165) is 12.1 Å². The Hall–Kier alpha value is -2.62. The molecule has 2 aromatic rings. The molecule has 0 spiro atoms. The Labute approximate surface area is 110 Å². The summed E-state index contributed by atoms with van der Waals surface area (Å²) in [5, 5.41) is 10.7. The lowest BCUT2D eigenvalue weighted by molar-refractivity contribution is 0.448. The molecule has 0 amide bonds. The van der Waals surface area contributed by atoms with Gasteiger partial charge in [-0.05, 0) is 12.1 Å². The van der Waals surface area contributed by atoms with Crippen LogP contribution in [-0.2, 0) is 0 Å². The topological polar surface area (TPSA) is 35.8 Å². The van der Waals surface area contributed by atoms with Crippen molar-refractivity contribution in [1.29, 1.82) is 5.26 Å². The van der Waals surface area contributed by atoms with E-state index in [1.807, 2.05) is 0 Å². The standard InChI is InChI=1S/C13H5F5N2/c14-8-3-7(4-9(15)12(8)17)20-10-2-1-6(5-19)11(16)13(10)18/h1-4,20H. The number of hydrogen-bond acceptors (Lipinski definition) is 2. The number of nitrogens with one attached hydrogen (secondary N) is 1. The minimum atomic E-state index is -1.66. The highest BCUT2D eigenvalue weighted by Gasteiger charge is 2.15. The molecular formula is C13H5F5N2. The van der Waals surface area contributed by atoms with E-state index < -0.39 is 40.3 Å². The first-order chi connectivity index (χ1) is 9.43. The van der Waals surface area contributed by atoms with Gasteiger partial charge in [0.1, 0.15) is 6.07 Å². The van der Waals surface area contributed by atoms with Crippen LogP contribution in [0.25, 0.3) is 0 Å². The van der Waals surface area contributed by atoms with Crippen molar-refractivity contribution in [3.05, 3.63) is 58.9 Å². The van der Waals surface area contributed by atoms with Gasteiger partial charge in [0.15, 0.2) is 29.1 Å². The molecule has 1 N–H and O–H groups in total. The highest BCUT2D eigenvalue weighted by atomic mass is 19.2. The van der Waals surface area contributed by atoms with Crippen LogP contribution in [0.1, 0.15) is 5.56 Å². The van der Waals surface area contributed by atoms with Crippen molar-refractivity contribution < 1.29 is 22.0 Å². The molecule has 2 nitrogen and oxygen atoms in total. The van der Waals surface area contributed by atoms with Crippen molar-refractivity contribution in [3.63, 3.8) is 0 Å². The third kappa shape index (κ3) is 2.40. The Morgan fingerprint density at radius 1 is 0.850 bits per heavy atom. The summed E-state index contributed by atoms with van der Waals surface area (Å²) in [4.78, 5) is 0. The van der Waals surface area contributed by atoms with Crippen molar-refractivity contribution >= 4 is 11.4 Å². The third-order valence-corrected chi connectivity index (χ3v) is 2.47. The molecule has 20 heavy (non-hydrogen) atoms. The Morgan fingerprint density at radius 3 is 2.00 bits per heavy atom. The van der Waals surface area contributed by atoms with E-state index in [2.05, 4.69) is 5.32 Å². The van der Waals surface area contributed by atoms with Gasteiger partial charge in [-0.1, -0.05) is 0 Å². The van der Waals surface area contributed by atoms with Gasteiger partial charge in [0.2, 0.25) is 0 Å². The highest BCUT2D eigenvalue weighted by Crippen LogP contribution is 2.25. The van der Waals surface area contributed by atoms with Gasteiger partial charge in [-0.3, -0.25) is 0 Å². The van der Waals surface area contributed by atoms with Crippen molar-refractivity contribution in [1.82, 2.24) is 0 Å². The number of anilines is 2. The van der Waals surface area contributed by atoms with Gasteiger partial charge in [0, 0.05) is 17.8 Å². The molecule has 0 aliphatic heterocycles. The van der Waals surface area contributed by atoms with Gasteiger partial charge < -0.3 is 5.32 Å². The summed E-state index contributed by atoms with van der Waals surface area (Å²) in [5.74, 6) is -7.37. The molecule has 7 heteroatoms. The van der Waals surface area contributed by atoms with E-state index in [-0.39, 0.29) is 5.69 Å². The van der Waals surface area contributed by atoms with E-state index >= 15 is 0 Å². The van der Waals surface area contributed by atoms with Gasteiger partial charge in [0.25, 0.3) is 0 Å². The zero-order valence-electron chi connectivity index (χ0n) is 9.65. The van der Waals surface area contributed by atoms with Crippen LogP contribution in [0.3, 0.4) is 0 Å². The smallest absolute Gasteiger partial charge is 0.194 e. The summed E-state index contributed by atoms with van der Waals surface area (Å²) < 4.78 is 65.6. The molecule has 102 valence electrons. The average molecular weight is 284 g/mol. The average Bonchev–Trinajstić information content (AvgIpc) is 2.41. The van der Waals surface area contributed by atoms with Crippen LogP contribution in [-0.4, -0.2) is 0 Å². The summed E-state index contributed by atoms with van der Waals surface area (Å²) in [6.07, 6.45) is 0. The quantitative estimate of drug-likeness (QED) is 0.668. The normalized spacial score (nSPS) is 10.2. The van der Waals surface area contributed by atoms with Crippen LogP contribution in [0.15, 0.2) is 24.3 Å². The number of hydrogen-bond donors (Lipinski definition) is 1. The van der Waals surface area contributed by atoms with Crippen LogP contribution < -0.4 is 5.32 Å². The summed E-state index contributed by atoms with van der Waals surface area (Å²) in [7, 11) is 0. The number of halogens is 5. The highest BCUT2D eigenvalue weighted by molar-refractivity contribution is 5.61. The molecule has 0 aliphatic rings. The number of nitrogens with zero attached hydrogens (tertiary/aromatic N) is 1. The van der Waals surface area contributed by atoms with Crippen LogP contribution in [0.5, 0.6) is 0 Å². The zero-order chi connectivity index (χ0) is 14.9. The van der Waals surface area contributed by atoms with Crippen LogP contribution in [0, 0.1) is 40.4 Å². The molecule has 0 aromatic heterocycles. The fraction of sp³-hybridized carbons (Fsp3) is 0. The Balaban J connectivity index is 2.41. The van der Waals surface area contributed by atoms with Crippen molar-refractivity contribution in [2.45, 2.75) is 0 Å². The predicted molar refractivity (Wildman–Crippen MR) is 60.7 cm³/mol. The van der Waals surface area contributed by atoms with Crippen LogP contribution >= 0.6 is 0 Å². The number of nitriles is 1. The second-order valence-corrected chi connectivity index (χ2v) is 3.78. The monoisotopic (exact) mass is 284 g/mol. The molecule has 0 aliphatic carbocycles. The summed E-state index contributed by atoms with van der Waals surface area (Å²) in [6.45, 7) is 0. The SMILES string of the molecule is N#Cc1ccc(Nc2cc(F)c(F)c(F)c2)c(F)c1F. The van der Waals surface area contributed by atoms with E-state index in [1.165, 1.54) is 6.07 Å². The number of rotatable bonds is 2. The van der Waals surface area contributed by atoms with Crippen molar-refractivity contribution in [2.75, 3.05) is 5.32 Å². The lowest BCUT2D eigenvalue weighted by atomic mass is 10.2. The summed E-state index contributed by atoms with van der Waals surface area (Å²) in [5.41, 5.74) is -1.25. The maximum Gasteiger partial charge on any atom is 0.194 e. The first-order valence-corrected chi connectivity index (χ1v) is 5.23. The minimum Gasteiger partial charge on any atom is -0.353 e. The van der Waals surface area contributed by atoms with Gasteiger partial charge in [-0.2, -0.15) is 5.26 Å². The lowest BCUT2D eigenvalue weighted by Gasteiger charge is -2.09. The molecule has 0 unspecified atom stereocenters. The van der Waals surface area contributed by atoms with E-state index in [1.54, 1.807) is 0 Å². The first kappa shape index (κ1) is 13.8. The molecule has 0 saturated heterocycles. The minimum absolute atomic E-state index is 0.301. The molecule has 0 radical (unpaired) electrons. The fourth-order valence-corrected chi connectivity index (χ4v) is 1.52. The van der Waals surface area contributed by atoms with Gasteiger partial charge in [-0.25, -0.2) is 22.0 Å². The molecule has 2 aromatic carbocycles. The van der Waals surface area contributed by atoms with Crippen molar-refractivity contribution in [2.24, 2.45) is 0 Å². The predicted octanol–water partition coefficient (Wildman–Crippen LogP) is 4.00. The van der Waals surface area contributed by atoms with Crippen molar-refractivity contribution in [3.8, 4) is 6.07 Å². The second-order valence-electron chi connectivity index (χ2n) is 3.78. The van der Waals surface area contributed by atoms with E-state index in [4.69, 9.17) is 5.26 Å². The molecule has 0 fully saturated rings. The van der Waals surface area contributed by atoms with E-state index in [0.29, 0.717) is 12.1 Å². The van der Waals surface area contributed by atoms with Crippen LogP contribution in [0.2, 0.25) is 0 Å². The molecular weight excluding hydrogens is 279 g/mol. The summed E-state index contributed by atoms with van der Waals surface area (Å²) in [6, 6.07) is 4.64. The van der Waals surface area contributed by atoms with E-state index in [9.17, 15) is 22.0 Å². The molecule has 0 saturated carbocycles. The second kappa shape index (κ2) is 5.17. The lowest BCUT2D eigenvalue weighted by Crippen LogP contribution is -2.00. The Morgan fingerprint density at radius 2 is 1.45 bits per heavy atom. The third-order valence-electron chi connectivity index (χ3n) is 2.47.